The molecular formula is C16H14O6. The lowest BCUT2D eigenvalue weighted by Crippen LogP contribution is -1.99. The van der Waals surface area contributed by atoms with Crippen LogP contribution >= 0.6 is 0 Å². The van der Waals surface area contributed by atoms with Crippen molar-refractivity contribution in [3.8, 4) is 28.4 Å². The minimum Gasteiger partial charge on any atom is -0.504 e. The van der Waals surface area contributed by atoms with E-state index >= 15 is 0 Å². The van der Waals surface area contributed by atoms with Crippen molar-refractivity contribution in [1.29, 1.82) is 0 Å². The van der Waals surface area contributed by atoms with Gasteiger partial charge in [-0.1, -0.05) is 0 Å². The SMILES string of the molecule is COc1cc(C=O)c(-c2ccc(C(=O)O)cc2OC)cc1O. The van der Waals surface area contributed by atoms with Gasteiger partial charge in [0.05, 0.1) is 19.8 Å². The molecule has 0 unspecified atom stereocenters. The van der Waals surface area contributed by atoms with E-state index in [1.54, 1.807) is 0 Å². The predicted octanol–water partition coefficient (Wildman–Crippen LogP) is 2.59. The van der Waals surface area contributed by atoms with E-state index in [1.165, 1.54) is 44.6 Å². The Morgan fingerprint density at radius 1 is 1.05 bits per heavy atom. The van der Waals surface area contributed by atoms with Crippen LogP contribution in [-0.2, 0) is 0 Å². The molecule has 0 aliphatic heterocycles. The van der Waals surface area contributed by atoms with Crippen LogP contribution in [0.4, 0.5) is 0 Å². The molecule has 2 aromatic carbocycles. The minimum atomic E-state index is -1.09. The quantitative estimate of drug-likeness (QED) is 0.825. The van der Waals surface area contributed by atoms with Crippen LogP contribution in [0.5, 0.6) is 17.2 Å². The first kappa shape index (κ1) is 15.4. The number of carboxylic acids is 1. The van der Waals surface area contributed by atoms with Crippen molar-refractivity contribution in [2.24, 2.45) is 0 Å². The van der Waals surface area contributed by atoms with Crippen molar-refractivity contribution >= 4 is 12.3 Å². The third kappa shape index (κ3) is 2.71. The highest BCUT2D eigenvalue weighted by molar-refractivity contribution is 5.93. The third-order valence-electron chi connectivity index (χ3n) is 3.22. The van der Waals surface area contributed by atoms with Crippen molar-refractivity contribution < 1.29 is 29.3 Å². The summed E-state index contributed by atoms with van der Waals surface area (Å²) in [6.45, 7) is 0. The highest BCUT2D eigenvalue weighted by Crippen LogP contribution is 2.38. The fraction of sp³-hybridized carbons (Fsp3) is 0.125. The van der Waals surface area contributed by atoms with E-state index in [4.69, 9.17) is 14.6 Å². The topological polar surface area (TPSA) is 93.1 Å². The van der Waals surface area contributed by atoms with Crippen molar-refractivity contribution in [3.63, 3.8) is 0 Å². The largest absolute Gasteiger partial charge is 0.504 e. The van der Waals surface area contributed by atoms with E-state index < -0.39 is 5.97 Å². The zero-order valence-electron chi connectivity index (χ0n) is 12.0. The van der Waals surface area contributed by atoms with Gasteiger partial charge in [0.15, 0.2) is 17.8 Å². The number of hydrogen-bond acceptors (Lipinski definition) is 5. The molecule has 6 heteroatoms. The van der Waals surface area contributed by atoms with Gasteiger partial charge in [0, 0.05) is 11.1 Å². The molecule has 114 valence electrons. The number of carbonyl (C=O) groups excluding carboxylic acids is 1. The van der Waals surface area contributed by atoms with Crippen LogP contribution in [0.1, 0.15) is 20.7 Å². The molecule has 0 aliphatic carbocycles. The minimum absolute atomic E-state index is 0.0611. The van der Waals surface area contributed by atoms with Crippen LogP contribution in [0.25, 0.3) is 11.1 Å². The van der Waals surface area contributed by atoms with Crippen molar-refractivity contribution in [1.82, 2.24) is 0 Å². The van der Waals surface area contributed by atoms with E-state index in [2.05, 4.69) is 0 Å². The van der Waals surface area contributed by atoms with E-state index in [9.17, 15) is 14.7 Å². The molecule has 6 nitrogen and oxygen atoms in total. The van der Waals surface area contributed by atoms with Crippen LogP contribution in [-0.4, -0.2) is 36.7 Å². The molecule has 0 fully saturated rings. The Balaban J connectivity index is 2.68. The van der Waals surface area contributed by atoms with Gasteiger partial charge in [-0.05, 0) is 35.9 Å². The average Bonchev–Trinajstić information content (AvgIpc) is 2.53. The Labute approximate surface area is 126 Å². The number of ether oxygens (including phenoxy) is 2. The highest BCUT2D eigenvalue weighted by Gasteiger charge is 2.16. The lowest BCUT2D eigenvalue weighted by Gasteiger charge is -2.13. The lowest BCUT2D eigenvalue weighted by molar-refractivity contribution is 0.0696. The molecule has 0 amide bonds. The van der Waals surface area contributed by atoms with Crippen molar-refractivity contribution in [3.05, 3.63) is 41.5 Å². The molecule has 0 saturated carbocycles. The number of aldehydes is 1. The summed E-state index contributed by atoms with van der Waals surface area (Å²) in [5.74, 6) is -0.759. The van der Waals surface area contributed by atoms with Gasteiger partial charge >= 0.3 is 5.97 Å². The second-order valence-corrected chi connectivity index (χ2v) is 4.45. The van der Waals surface area contributed by atoms with Crippen LogP contribution in [0.2, 0.25) is 0 Å². The summed E-state index contributed by atoms with van der Waals surface area (Å²) in [5.41, 5.74) is 1.26. The fourth-order valence-electron chi connectivity index (χ4n) is 2.13. The molecule has 0 atom stereocenters. The van der Waals surface area contributed by atoms with Crippen LogP contribution < -0.4 is 9.47 Å². The Kier molecular flexibility index (Phi) is 4.31. The van der Waals surface area contributed by atoms with E-state index in [0.717, 1.165) is 0 Å². The number of carbonyl (C=O) groups is 2. The maximum absolute atomic E-state index is 11.3. The molecule has 0 aromatic heterocycles. The summed E-state index contributed by atoms with van der Waals surface area (Å²) in [7, 11) is 2.78. The van der Waals surface area contributed by atoms with Gasteiger partial charge in [0.25, 0.3) is 0 Å². The highest BCUT2D eigenvalue weighted by atomic mass is 16.5. The number of aromatic hydroxyl groups is 1. The molecule has 0 saturated heterocycles. The molecule has 2 rings (SSSR count). The number of phenolic OH excluding ortho intramolecular Hbond substituents is 1. The number of benzene rings is 2. The van der Waals surface area contributed by atoms with Crippen molar-refractivity contribution in [2.45, 2.75) is 0 Å². The van der Waals surface area contributed by atoms with E-state index in [0.29, 0.717) is 17.4 Å². The van der Waals surface area contributed by atoms with Gasteiger partial charge in [-0.2, -0.15) is 0 Å². The van der Waals surface area contributed by atoms with Gasteiger partial charge < -0.3 is 19.7 Å². The smallest absolute Gasteiger partial charge is 0.335 e. The Bertz CT molecular complexity index is 736. The number of carboxylic acid groups (broad SMARTS) is 1. The first-order chi connectivity index (χ1) is 10.5. The van der Waals surface area contributed by atoms with E-state index in [1.807, 2.05) is 0 Å². The summed E-state index contributed by atoms with van der Waals surface area (Å²) in [4.78, 5) is 22.3. The first-order valence-electron chi connectivity index (χ1n) is 6.29. The molecular weight excluding hydrogens is 288 g/mol. The summed E-state index contributed by atoms with van der Waals surface area (Å²) in [6, 6.07) is 7.06. The second-order valence-electron chi connectivity index (χ2n) is 4.45. The van der Waals surface area contributed by atoms with Crippen LogP contribution in [0.15, 0.2) is 30.3 Å². The standard InChI is InChI=1S/C16H14O6/c1-21-14-5-9(16(19)20)3-4-11(14)12-7-13(18)15(22-2)6-10(12)8-17/h3-8,18H,1-2H3,(H,19,20). The first-order valence-corrected chi connectivity index (χ1v) is 6.29. The normalized spacial score (nSPS) is 10.1. The zero-order valence-corrected chi connectivity index (χ0v) is 12.0. The molecule has 0 heterocycles. The van der Waals surface area contributed by atoms with Crippen LogP contribution in [0.3, 0.4) is 0 Å². The molecule has 0 bridgehead atoms. The van der Waals surface area contributed by atoms with Gasteiger partial charge in [-0.3, -0.25) is 4.79 Å². The summed E-state index contributed by atoms with van der Waals surface area (Å²) >= 11 is 0. The summed E-state index contributed by atoms with van der Waals surface area (Å²) in [6.07, 6.45) is 0.627. The molecule has 0 radical (unpaired) electrons. The predicted molar refractivity (Wildman–Crippen MR) is 79.0 cm³/mol. The molecule has 0 spiro atoms. The molecule has 2 aromatic rings. The van der Waals surface area contributed by atoms with Gasteiger partial charge in [0.1, 0.15) is 5.75 Å². The summed E-state index contributed by atoms with van der Waals surface area (Å²) in [5, 5.41) is 18.9. The number of hydrogen-bond donors (Lipinski definition) is 2. The second kappa shape index (κ2) is 6.17. The monoisotopic (exact) mass is 302 g/mol. The Morgan fingerprint density at radius 2 is 1.73 bits per heavy atom. The summed E-state index contributed by atoms with van der Waals surface area (Å²) < 4.78 is 10.2. The van der Waals surface area contributed by atoms with Gasteiger partial charge in [0.2, 0.25) is 0 Å². The van der Waals surface area contributed by atoms with Crippen LogP contribution in [0, 0.1) is 0 Å². The maximum Gasteiger partial charge on any atom is 0.335 e. The zero-order chi connectivity index (χ0) is 16.3. The fourth-order valence-corrected chi connectivity index (χ4v) is 2.13. The maximum atomic E-state index is 11.3. The number of aromatic carboxylic acids is 1. The number of phenols is 1. The van der Waals surface area contributed by atoms with E-state index in [-0.39, 0.29) is 28.4 Å². The molecule has 0 aliphatic rings. The third-order valence-corrected chi connectivity index (χ3v) is 3.22. The lowest BCUT2D eigenvalue weighted by atomic mass is 9.97. The van der Waals surface area contributed by atoms with Gasteiger partial charge in [-0.15, -0.1) is 0 Å². The Morgan fingerprint density at radius 3 is 2.27 bits per heavy atom. The van der Waals surface area contributed by atoms with Gasteiger partial charge in [-0.25, -0.2) is 4.79 Å². The average molecular weight is 302 g/mol. The number of rotatable bonds is 5. The molecule has 22 heavy (non-hydrogen) atoms. The van der Waals surface area contributed by atoms with Crippen molar-refractivity contribution in [2.75, 3.05) is 14.2 Å². The Hall–Kier alpha value is -3.02. The number of methoxy groups -OCH3 is 2. The molecule has 2 N–H and O–H groups in total.